The molecule has 2 N–H and O–H groups in total. The van der Waals surface area contributed by atoms with Crippen LogP contribution in [0.2, 0.25) is 0 Å². The Morgan fingerprint density at radius 2 is 1.88 bits per heavy atom. The Labute approximate surface area is 151 Å². The number of hydrogen-bond acceptors (Lipinski definition) is 3. The summed E-state index contributed by atoms with van der Waals surface area (Å²) >= 11 is 0. The fourth-order valence-corrected chi connectivity index (χ4v) is 3.14. The summed E-state index contributed by atoms with van der Waals surface area (Å²) in [6, 6.07) is 7.68. The number of carbonyl (C=O) groups is 2. The van der Waals surface area contributed by atoms with Crippen LogP contribution >= 0.6 is 0 Å². The van der Waals surface area contributed by atoms with E-state index >= 15 is 0 Å². The molecule has 5 nitrogen and oxygen atoms in total. The van der Waals surface area contributed by atoms with Gasteiger partial charge in [0.1, 0.15) is 6.04 Å². The molecule has 2 amide bonds. The van der Waals surface area contributed by atoms with Crippen molar-refractivity contribution >= 4 is 11.8 Å². The van der Waals surface area contributed by atoms with Crippen LogP contribution in [0.1, 0.15) is 44.7 Å². The highest BCUT2D eigenvalue weighted by Crippen LogP contribution is 2.25. The van der Waals surface area contributed by atoms with Crippen LogP contribution in [0, 0.1) is 5.92 Å². The van der Waals surface area contributed by atoms with Gasteiger partial charge >= 0.3 is 0 Å². The number of hydrogen-bond donors (Lipinski definition) is 2. The predicted octanol–water partition coefficient (Wildman–Crippen LogP) is 2.10. The third-order valence-electron chi connectivity index (χ3n) is 4.90. The van der Waals surface area contributed by atoms with Gasteiger partial charge < -0.3 is 15.5 Å². The molecular formula is C20H31N3O2. The Kier molecular flexibility index (Phi) is 7.44. The summed E-state index contributed by atoms with van der Waals surface area (Å²) in [6.45, 7) is 8.87. The maximum atomic E-state index is 12.8. The van der Waals surface area contributed by atoms with Gasteiger partial charge in [0, 0.05) is 32.0 Å². The van der Waals surface area contributed by atoms with E-state index in [2.05, 4.69) is 29.7 Å². The zero-order chi connectivity index (χ0) is 18.2. The standard InChI is InChI=1S/C20H31N3O2/c1-4-10-21-11-12-22-19(24)18-13-16-8-6-7-9-17(16)14-23(18)20(25)15(3)5-2/h6-9,15,18,21H,4-5,10-14H2,1-3H3,(H,22,24). The van der Waals surface area contributed by atoms with Gasteiger partial charge in [0.25, 0.3) is 0 Å². The van der Waals surface area contributed by atoms with Crippen LogP contribution in [0.3, 0.4) is 0 Å². The van der Waals surface area contributed by atoms with Crippen molar-refractivity contribution in [3.63, 3.8) is 0 Å². The summed E-state index contributed by atoms with van der Waals surface area (Å²) < 4.78 is 0. The van der Waals surface area contributed by atoms with Crippen LogP contribution in [-0.4, -0.2) is 42.4 Å². The third kappa shape index (κ3) is 5.05. The average molecular weight is 345 g/mol. The number of amides is 2. The van der Waals surface area contributed by atoms with E-state index in [1.165, 1.54) is 5.56 Å². The van der Waals surface area contributed by atoms with Gasteiger partial charge in [-0.2, -0.15) is 0 Å². The number of fused-ring (bicyclic) bond motifs is 1. The van der Waals surface area contributed by atoms with E-state index in [-0.39, 0.29) is 17.7 Å². The highest BCUT2D eigenvalue weighted by atomic mass is 16.2. The van der Waals surface area contributed by atoms with Crippen molar-refractivity contribution in [2.24, 2.45) is 5.92 Å². The molecule has 0 fully saturated rings. The number of nitrogens with one attached hydrogen (secondary N) is 2. The van der Waals surface area contributed by atoms with Crippen LogP contribution in [0.25, 0.3) is 0 Å². The minimum atomic E-state index is -0.414. The highest BCUT2D eigenvalue weighted by molar-refractivity contribution is 5.89. The second-order valence-corrected chi connectivity index (χ2v) is 6.81. The largest absolute Gasteiger partial charge is 0.353 e. The zero-order valence-corrected chi connectivity index (χ0v) is 15.7. The maximum absolute atomic E-state index is 12.8. The van der Waals surface area contributed by atoms with Crippen LogP contribution < -0.4 is 10.6 Å². The molecule has 2 rings (SSSR count). The number of rotatable bonds is 8. The van der Waals surface area contributed by atoms with Crippen molar-refractivity contribution in [2.75, 3.05) is 19.6 Å². The molecule has 138 valence electrons. The Bertz CT molecular complexity index is 588. The highest BCUT2D eigenvalue weighted by Gasteiger charge is 2.35. The second-order valence-electron chi connectivity index (χ2n) is 6.81. The molecule has 0 spiro atoms. The van der Waals surface area contributed by atoms with Gasteiger partial charge in [-0.05, 0) is 30.5 Å². The van der Waals surface area contributed by atoms with E-state index in [1.807, 2.05) is 26.0 Å². The molecule has 0 bridgehead atoms. The summed E-state index contributed by atoms with van der Waals surface area (Å²) in [4.78, 5) is 27.3. The first-order valence-electron chi connectivity index (χ1n) is 9.44. The van der Waals surface area contributed by atoms with Crippen molar-refractivity contribution < 1.29 is 9.59 Å². The molecule has 2 atom stereocenters. The predicted molar refractivity (Wildman–Crippen MR) is 100 cm³/mol. The van der Waals surface area contributed by atoms with E-state index in [1.54, 1.807) is 4.90 Å². The average Bonchev–Trinajstić information content (AvgIpc) is 2.65. The van der Waals surface area contributed by atoms with Crippen molar-refractivity contribution in [3.05, 3.63) is 35.4 Å². The van der Waals surface area contributed by atoms with Crippen LogP contribution in [-0.2, 0) is 22.6 Å². The molecule has 0 aliphatic carbocycles. The molecule has 0 aromatic heterocycles. The molecule has 0 saturated heterocycles. The lowest BCUT2D eigenvalue weighted by Crippen LogP contribution is -2.54. The molecule has 1 heterocycles. The number of benzene rings is 1. The summed E-state index contributed by atoms with van der Waals surface area (Å²) in [6.07, 6.45) is 2.45. The lowest BCUT2D eigenvalue weighted by molar-refractivity contribution is -0.144. The van der Waals surface area contributed by atoms with Gasteiger partial charge in [0.15, 0.2) is 0 Å². The van der Waals surface area contributed by atoms with Gasteiger partial charge in [0.05, 0.1) is 0 Å². The molecule has 1 aliphatic heterocycles. The Morgan fingerprint density at radius 1 is 1.16 bits per heavy atom. The van der Waals surface area contributed by atoms with Crippen LogP contribution in [0.4, 0.5) is 0 Å². The third-order valence-corrected chi connectivity index (χ3v) is 4.90. The fourth-order valence-electron chi connectivity index (χ4n) is 3.14. The molecule has 2 unspecified atom stereocenters. The Morgan fingerprint density at radius 3 is 2.56 bits per heavy atom. The number of carbonyl (C=O) groups excluding carboxylic acids is 2. The smallest absolute Gasteiger partial charge is 0.243 e. The lowest BCUT2D eigenvalue weighted by Gasteiger charge is -2.37. The molecule has 0 saturated carbocycles. The van der Waals surface area contributed by atoms with Gasteiger partial charge in [-0.25, -0.2) is 0 Å². The first-order valence-corrected chi connectivity index (χ1v) is 9.44. The molecule has 1 aromatic rings. The summed E-state index contributed by atoms with van der Waals surface area (Å²) in [5.41, 5.74) is 2.31. The molecule has 25 heavy (non-hydrogen) atoms. The molecule has 5 heteroatoms. The minimum Gasteiger partial charge on any atom is -0.353 e. The molecule has 1 aromatic carbocycles. The van der Waals surface area contributed by atoms with Gasteiger partial charge in [-0.1, -0.05) is 45.0 Å². The Hall–Kier alpha value is -1.88. The lowest BCUT2D eigenvalue weighted by atomic mass is 9.92. The van der Waals surface area contributed by atoms with Crippen molar-refractivity contribution in [3.8, 4) is 0 Å². The normalized spacial score (nSPS) is 17.7. The first-order chi connectivity index (χ1) is 12.1. The topological polar surface area (TPSA) is 61.4 Å². The van der Waals surface area contributed by atoms with Gasteiger partial charge in [0.2, 0.25) is 11.8 Å². The van der Waals surface area contributed by atoms with Crippen molar-refractivity contribution in [1.82, 2.24) is 15.5 Å². The second kappa shape index (κ2) is 9.56. The molecule has 1 aliphatic rings. The first kappa shape index (κ1) is 19.4. The maximum Gasteiger partial charge on any atom is 0.243 e. The molecular weight excluding hydrogens is 314 g/mol. The van der Waals surface area contributed by atoms with Gasteiger partial charge in [-0.3, -0.25) is 9.59 Å². The van der Waals surface area contributed by atoms with Crippen molar-refractivity contribution in [1.29, 1.82) is 0 Å². The quantitative estimate of drug-likeness (QED) is 0.709. The van der Waals surface area contributed by atoms with Crippen LogP contribution in [0.15, 0.2) is 24.3 Å². The Balaban J connectivity index is 2.08. The van der Waals surface area contributed by atoms with Crippen molar-refractivity contribution in [2.45, 2.75) is 52.6 Å². The monoisotopic (exact) mass is 345 g/mol. The zero-order valence-electron chi connectivity index (χ0n) is 15.7. The SMILES string of the molecule is CCCNCCNC(=O)C1Cc2ccccc2CN1C(=O)C(C)CC. The van der Waals surface area contributed by atoms with E-state index in [0.717, 1.165) is 31.5 Å². The van der Waals surface area contributed by atoms with E-state index < -0.39 is 6.04 Å². The minimum absolute atomic E-state index is 0.0514. The fraction of sp³-hybridized carbons (Fsp3) is 0.600. The van der Waals surface area contributed by atoms with E-state index in [0.29, 0.717) is 19.5 Å². The van der Waals surface area contributed by atoms with Gasteiger partial charge in [-0.15, -0.1) is 0 Å². The number of nitrogens with zero attached hydrogens (tertiary/aromatic N) is 1. The summed E-state index contributed by atoms with van der Waals surface area (Å²) in [5.74, 6) is -0.0440. The van der Waals surface area contributed by atoms with E-state index in [4.69, 9.17) is 0 Å². The summed E-state index contributed by atoms with van der Waals surface area (Å²) in [7, 11) is 0. The summed E-state index contributed by atoms with van der Waals surface area (Å²) in [5, 5.41) is 6.26. The van der Waals surface area contributed by atoms with Crippen LogP contribution in [0.5, 0.6) is 0 Å². The molecule has 0 radical (unpaired) electrons. The van der Waals surface area contributed by atoms with E-state index in [9.17, 15) is 9.59 Å².